The first-order valence-corrected chi connectivity index (χ1v) is 16.6. The molecule has 0 saturated carbocycles. The lowest BCUT2D eigenvalue weighted by Gasteiger charge is -2.20. The van der Waals surface area contributed by atoms with E-state index in [1.54, 1.807) is 0 Å². The van der Waals surface area contributed by atoms with Crippen molar-refractivity contribution >= 4 is 34.6 Å². The Kier molecular flexibility index (Phi) is 8.46. The van der Waals surface area contributed by atoms with Gasteiger partial charge in [0.2, 0.25) is 0 Å². The number of H-pyrrole nitrogens is 1. The fourth-order valence-corrected chi connectivity index (χ4v) is 7.61. The van der Waals surface area contributed by atoms with Crippen LogP contribution >= 0.6 is 23.5 Å². The Morgan fingerprint density at radius 3 is 2.51 bits per heavy atom. The highest BCUT2D eigenvalue weighted by Gasteiger charge is 2.43. The standard InChI is InChI=1S/C22H22N3O15P3/c1-12-10-25(22(28)24-21(12)27)20-7-4-15(36-20)11-35-41(29,30)39-43(33,34)40-42(31,32)38-14-3-6-17-19(9-14)37-18-8-13(26)2-5-16(18)23-17/h2-3,5-6,8-10,15,20H,4,7,11H2,1H3,(H,29,30)(H,31,32)(H,33,34)(H,24,27,28)/t15-,20+/m0/s1. The van der Waals surface area contributed by atoms with Gasteiger partial charge in [0.05, 0.1) is 12.7 Å². The molecule has 1 aromatic heterocycles. The average molecular weight is 661 g/mol. The zero-order valence-corrected chi connectivity index (χ0v) is 24.5. The summed E-state index contributed by atoms with van der Waals surface area (Å²) in [5, 5.41) is 0. The number of ether oxygens (including phenoxy) is 1. The molecule has 5 rings (SSSR count). The third kappa shape index (κ3) is 7.63. The molecule has 5 atom stereocenters. The Morgan fingerprint density at radius 1 is 1.00 bits per heavy atom. The van der Waals surface area contributed by atoms with E-state index in [-0.39, 0.29) is 40.7 Å². The number of hydrogen-bond acceptors (Lipinski definition) is 13. The highest BCUT2D eigenvalue weighted by Crippen LogP contribution is 2.67. The van der Waals surface area contributed by atoms with Crippen LogP contribution in [0, 0.1) is 6.92 Å². The van der Waals surface area contributed by atoms with Gasteiger partial charge in [-0.25, -0.2) is 23.5 Å². The second kappa shape index (κ2) is 11.7. The van der Waals surface area contributed by atoms with Crippen molar-refractivity contribution < 1.29 is 55.2 Å². The van der Waals surface area contributed by atoms with Gasteiger partial charge < -0.3 is 23.5 Å². The van der Waals surface area contributed by atoms with E-state index in [9.17, 15) is 42.8 Å². The number of aryl methyl sites for hydroxylation is 1. The fraction of sp³-hybridized carbons (Fsp3) is 0.273. The van der Waals surface area contributed by atoms with Crippen molar-refractivity contribution in [1.29, 1.82) is 0 Å². The van der Waals surface area contributed by atoms with Crippen LogP contribution in [0.5, 0.6) is 5.75 Å². The molecule has 3 aliphatic rings. The fourth-order valence-electron chi connectivity index (χ4n) is 4.08. The minimum Gasteiger partial charge on any atom is -0.453 e. The molecule has 0 radical (unpaired) electrons. The SMILES string of the molecule is Cc1cn([C@H]2CC[C@@H](COP(=O)(O)OP(=O)(O)OP(=O)(O)Oc3ccc4nc5ccc(=O)cc-5oc4c3)O2)c(=O)[nH]c1=O. The van der Waals surface area contributed by atoms with Crippen LogP contribution in [0.25, 0.3) is 22.6 Å². The van der Waals surface area contributed by atoms with Gasteiger partial charge in [-0.3, -0.25) is 28.6 Å². The first kappa shape index (κ1) is 31.2. The van der Waals surface area contributed by atoms with Crippen molar-refractivity contribution in [3.8, 4) is 17.2 Å². The van der Waals surface area contributed by atoms with E-state index in [0.717, 1.165) is 16.7 Å². The van der Waals surface area contributed by atoms with Gasteiger partial charge in [0.25, 0.3) is 5.56 Å². The van der Waals surface area contributed by atoms with Gasteiger partial charge in [0.15, 0.2) is 16.8 Å². The maximum absolute atomic E-state index is 12.4. The molecule has 0 amide bonds. The zero-order valence-electron chi connectivity index (χ0n) is 21.8. The summed E-state index contributed by atoms with van der Waals surface area (Å²) in [5.74, 6) is -0.277. The van der Waals surface area contributed by atoms with Gasteiger partial charge >= 0.3 is 29.2 Å². The Hall–Kier alpha value is -3.27. The van der Waals surface area contributed by atoms with E-state index in [1.807, 2.05) is 0 Å². The average Bonchev–Trinajstić information content (AvgIpc) is 3.36. The number of benzene rings is 2. The van der Waals surface area contributed by atoms with Crippen molar-refractivity contribution in [2.45, 2.75) is 32.1 Å². The molecule has 21 heteroatoms. The summed E-state index contributed by atoms with van der Waals surface area (Å²) in [7, 11) is -16.6. The molecule has 0 spiro atoms. The Balaban J connectivity index is 1.19. The number of fused-ring (bicyclic) bond motifs is 2. The Bertz CT molecular complexity index is 1990. The molecule has 2 aliphatic heterocycles. The topological polar surface area (TPSA) is 256 Å². The molecule has 0 bridgehead atoms. The molecule has 1 aliphatic carbocycles. The van der Waals surface area contributed by atoms with E-state index in [0.29, 0.717) is 5.69 Å². The number of nitrogens with one attached hydrogen (secondary N) is 1. The normalized spacial score (nSPS) is 21.3. The quantitative estimate of drug-likeness (QED) is 0.141. The monoisotopic (exact) mass is 661 g/mol. The van der Waals surface area contributed by atoms with Gasteiger partial charge in [0.1, 0.15) is 23.2 Å². The number of aromatic nitrogens is 3. The highest BCUT2D eigenvalue weighted by molar-refractivity contribution is 7.67. The molecule has 3 heterocycles. The van der Waals surface area contributed by atoms with Gasteiger partial charge in [-0.2, -0.15) is 8.62 Å². The van der Waals surface area contributed by atoms with Crippen molar-refractivity contribution in [2.75, 3.05) is 6.61 Å². The Morgan fingerprint density at radius 2 is 1.74 bits per heavy atom. The summed E-state index contributed by atoms with van der Waals surface area (Å²) in [6.07, 6.45) is 0.0745. The van der Waals surface area contributed by atoms with Crippen LogP contribution in [0.1, 0.15) is 24.6 Å². The van der Waals surface area contributed by atoms with Crippen molar-refractivity contribution in [3.05, 3.63) is 79.2 Å². The lowest BCUT2D eigenvalue weighted by molar-refractivity contribution is -0.0244. The lowest BCUT2D eigenvalue weighted by atomic mass is 10.2. The van der Waals surface area contributed by atoms with E-state index in [2.05, 4.69) is 23.1 Å². The molecule has 18 nitrogen and oxygen atoms in total. The van der Waals surface area contributed by atoms with Crippen molar-refractivity contribution in [3.63, 3.8) is 0 Å². The summed E-state index contributed by atoms with van der Waals surface area (Å²) in [6, 6.07) is 7.48. The number of aromatic amines is 1. The minimum absolute atomic E-state index is 0.0178. The Labute approximate surface area is 239 Å². The van der Waals surface area contributed by atoms with Gasteiger partial charge in [-0.15, -0.1) is 0 Å². The molecular weight excluding hydrogens is 639 g/mol. The predicted molar refractivity (Wildman–Crippen MR) is 144 cm³/mol. The summed E-state index contributed by atoms with van der Waals surface area (Å²) in [4.78, 5) is 71.4. The number of nitrogens with zero attached hydrogens (tertiary/aromatic N) is 2. The second-order valence-corrected chi connectivity index (χ2v) is 13.8. The van der Waals surface area contributed by atoms with Crippen LogP contribution in [-0.4, -0.2) is 41.9 Å². The molecule has 1 fully saturated rings. The molecule has 2 aromatic rings. The highest BCUT2D eigenvalue weighted by atomic mass is 31.3. The largest absolute Gasteiger partial charge is 0.536 e. The van der Waals surface area contributed by atoms with Crippen molar-refractivity contribution in [2.24, 2.45) is 0 Å². The molecule has 1 aromatic carbocycles. The molecule has 3 unspecified atom stereocenters. The summed E-state index contributed by atoms with van der Waals surface area (Å²) >= 11 is 0. The number of rotatable bonds is 10. The molecule has 43 heavy (non-hydrogen) atoms. The maximum Gasteiger partial charge on any atom is 0.536 e. The molecule has 4 N–H and O–H groups in total. The second-order valence-electron chi connectivity index (χ2n) is 9.20. The third-order valence-corrected chi connectivity index (χ3v) is 10.1. The van der Waals surface area contributed by atoms with Crippen LogP contribution in [0.15, 0.2) is 61.4 Å². The van der Waals surface area contributed by atoms with Gasteiger partial charge in [0, 0.05) is 23.9 Å². The zero-order chi connectivity index (χ0) is 31.2. The molecule has 1 saturated heterocycles. The number of phosphoric ester groups is 2. The van der Waals surface area contributed by atoms with Gasteiger partial charge in [-0.1, -0.05) is 0 Å². The lowest BCUT2D eigenvalue weighted by Crippen LogP contribution is -2.33. The first-order chi connectivity index (χ1) is 20.1. The summed E-state index contributed by atoms with van der Waals surface area (Å²) in [5.41, 5.74) is -0.730. The third-order valence-electron chi connectivity index (χ3n) is 5.92. The van der Waals surface area contributed by atoms with Crippen LogP contribution in [-0.2, 0) is 31.6 Å². The maximum atomic E-state index is 12.4. The summed E-state index contributed by atoms with van der Waals surface area (Å²) < 4.78 is 66.9. The van der Waals surface area contributed by atoms with Crippen LogP contribution in [0.2, 0.25) is 0 Å². The van der Waals surface area contributed by atoms with Gasteiger partial charge in [-0.05, 0) is 44.0 Å². The van der Waals surface area contributed by atoms with E-state index in [1.165, 1.54) is 37.4 Å². The van der Waals surface area contributed by atoms with Crippen LogP contribution in [0.3, 0.4) is 0 Å². The van der Waals surface area contributed by atoms with Crippen LogP contribution < -0.4 is 21.2 Å². The van der Waals surface area contributed by atoms with E-state index in [4.69, 9.17) is 13.7 Å². The predicted octanol–water partition coefficient (Wildman–Crippen LogP) is 2.56. The number of hydrogen-bond donors (Lipinski definition) is 4. The minimum atomic E-state index is -5.76. The summed E-state index contributed by atoms with van der Waals surface area (Å²) in [6.45, 7) is 0.836. The molecular formula is C22H22N3O15P3. The van der Waals surface area contributed by atoms with Crippen molar-refractivity contribution in [1.82, 2.24) is 14.5 Å². The van der Waals surface area contributed by atoms with E-state index >= 15 is 0 Å². The van der Waals surface area contributed by atoms with E-state index < -0.39 is 59.4 Å². The molecule has 230 valence electrons. The van der Waals surface area contributed by atoms with Crippen LogP contribution in [0.4, 0.5) is 0 Å². The first-order valence-electron chi connectivity index (χ1n) is 12.2. The number of phosphoric acid groups is 3. The smallest absolute Gasteiger partial charge is 0.453 e.